The normalized spacial score (nSPS) is 15.9. The van der Waals surface area contributed by atoms with E-state index in [4.69, 9.17) is 5.26 Å². The predicted molar refractivity (Wildman–Crippen MR) is 54.0 cm³/mol. The van der Waals surface area contributed by atoms with Crippen molar-refractivity contribution in [1.82, 2.24) is 9.88 Å². The molecule has 0 N–H and O–H groups in total. The van der Waals surface area contributed by atoms with Crippen LogP contribution in [0.15, 0.2) is 30.5 Å². The topological polar surface area (TPSA) is 39.9 Å². The van der Waals surface area contributed by atoms with Gasteiger partial charge in [-0.05, 0) is 24.1 Å². The maximum absolute atomic E-state index is 8.78. The first-order valence-corrected chi connectivity index (χ1v) is 4.65. The van der Waals surface area contributed by atoms with Crippen molar-refractivity contribution in [2.24, 2.45) is 0 Å². The molecule has 0 spiro atoms. The zero-order valence-corrected chi connectivity index (χ0v) is 7.85. The molecule has 0 aromatic carbocycles. The molecular formula is C11H11N3. The SMILES string of the molecule is N#CN1CCC=C(c2ccccn2)C1. The smallest absolute Gasteiger partial charge is 0.179 e. The standard InChI is InChI=1S/C11H11N3/c12-9-14-7-3-4-10(8-14)11-5-1-2-6-13-11/h1-2,4-6H,3,7-8H2. The van der Waals surface area contributed by atoms with Crippen molar-refractivity contribution in [3.8, 4) is 6.19 Å². The van der Waals surface area contributed by atoms with Gasteiger partial charge >= 0.3 is 0 Å². The van der Waals surface area contributed by atoms with E-state index in [9.17, 15) is 0 Å². The fourth-order valence-electron chi connectivity index (χ4n) is 1.57. The lowest BCUT2D eigenvalue weighted by molar-refractivity contribution is 0.433. The van der Waals surface area contributed by atoms with E-state index >= 15 is 0 Å². The Morgan fingerprint density at radius 2 is 2.36 bits per heavy atom. The fourth-order valence-corrected chi connectivity index (χ4v) is 1.57. The lowest BCUT2D eigenvalue weighted by Gasteiger charge is -2.21. The number of nitrogens with zero attached hydrogens (tertiary/aromatic N) is 3. The number of rotatable bonds is 1. The maximum atomic E-state index is 8.78. The Labute approximate surface area is 83.3 Å². The summed E-state index contributed by atoms with van der Waals surface area (Å²) in [5.74, 6) is 0. The molecule has 1 aromatic rings. The van der Waals surface area contributed by atoms with Gasteiger partial charge in [0.05, 0.1) is 12.2 Å². The van der Waals surface area contributed by atoms with Crippen LogP contribution in [0.4, 0.5) is 0 Å². The molecule has 0 saturated carbocycles. The van der Waals surface area contributed by atoms with Crippen LogP contribution in [0.5, 0.6) is 0 Å². The van der Waals surface area contributed by atoms with Crippen LogP contribution >= 0.6 is 0 Å². The molecular weight excluding hydrogens is 174 g/mol. The molecule has 70 valence electrons. The molecule has 3 heteroatoms. The van der Waals surface area contributed by atoms with Gasteiger partial charge < -0.3 is 4.90 Å². The Bertz CT molecular complexity index is 375. The first kappa shape index (κ1) is 8.76. The highest BCUT2D eigenvalue weighted by Gasteiger charge is 2.12. The van der Waals surface area contributed by atoms with Gasteiger partial charge in [-0.15, -0.1) is 0 Å². The molecule has 0 atom stereocenters. The summed E-state index contributed by atoms with van der Waals surface area (Å²) in [4.78, 5) is 6.02. The van der Waals surface area contributed by atoms with Crippen molar-refractivity contribution in [3.05, 3.63) is 36.2 Å². The average Bonchev–Trinajstić information content (AvgIpc) is 2.30. The summed E-state index contributed by atoms with van der Waals surface area (Å²) < 4.78 is 0. The van der Waals surface area contributed by atoms with Crippen molar-refractivity contribution in [1.29, 1.82) is 5.26 Å². The Kier molecular flexibility index (Phi) is 2.46. The summed E-state index contributed by atoms with van der Waals surface area (Å²) in [6.07, 6.45) is 7.04. The van der Waals surface area contributed by atoms with E-state index in [0.717, 1.165) is 24.2 Å². The van der Waals surface area contributed by atoms with Gasteiger partial charge in [0.2, 0.25) is 0 Å². The zero-order valence-electron chi connectivity index (χ0n) is 7.85. The molecule has 0 saturated heterocycles. The molecule has 0 unspecified atom stereocenters. The molecule has 2 rings (SSSR count). The Hall–Kier alpha value is -1.82. The summed E-state index contributed by atoms with van der Waals surface area (Å²) in [7, 11) is 0. The molecule has 14 heavy (non-hydrogen) atoms. The number of hydrogen-bond donors (Lipinski definition) is 0. The van der Waals surface area contributed by atoms with Crippen molar-refractivity contribution < 1.29 is 0 Å². The second kappa shape index (κ2) is 3.93. The van der Waals surface area contributed by atoms with Gasteiger partial charge in [0.25, 0.3) is 0 Å². The maximum Gasteiger partial charge on any atom is 0.179 e. The van der Waals surface area contributed by atoms with Crippen LogP contribution in [0.3, 0.4) is 0 Å². The van der Waals surface area contributed by atoms with Crippen LogP contribution in [0.2, 0.25) is 0 Å². The minimum absolute atomic E-state index is 0.688. The second-order valence-electron chi connectivity index (χ2n) is 3.25. The number of nitriles is 1. The van der Waals surface area contributed by atoms with Gasteiger partial charge in [-0.1, -0.05) is 12.1 Å². The van der Waals surface area contributed by atoms with Crippen molar-refractivity contribution >= 4 is 5.57 Å². The number of pyridine rings is 1. The van der Waals surface area contributed by atoms with E-state index in [-0.39, 0.29) is 0 Å². The van der Waals surface area contributed by atoms with Gasteiger partial charge in [0, 0.05) is 12.7 Å². The summed E-state index contributed by atoms with van der Waals surface area (Å²) in [6.45, 7) is 1.51. The van der Waals surface area contributed by atoms with Gasteiger partial charge in [-0.3, -0.25) is 4.98 Å². The Morgan fingerprint density at radius 3 is 3.07 bits per heavy atom. The van der Waals surface area contributed by atoms with E-state index in [1.165, 1.54) is 0 Å². The van der Waals surface area contributed by atoms with Crippen LogP contribution in [-0.4, -0.2) is 23.0 Å². The molecule has 0 aliphatic carbocycles. The highest BCUT2D eigenvalue weighted by molar-refractivity contribution is 5.64. The van der Waals surface area contributed by atoms with E-state index in [2.05, 4.69) is 17.3 Å². The first-order chi connectivity index (χ1) is 6.90. The highest BCUT2D eigenvalue weighted by atomic mass is 15.1. The van der Waals surface area contributed by atoms with Crippen molar-refractivity contribution in [2.45, 2.75) is 6.42 Å². The molecule has 1 aliphatic rings. The second-order valence-corrected chi connectivity index (χ2v) is 3.25. The third kappa shape index (κ3) is 1.74. The Balaban J connectivity index is 2.21. The van der Waals surface area contributed by atoms with E-state index in [1.807, 2.05) is 18.2 Å². The van der Waals surface area contributed by atoms with E-state index in [1.54, 1.807) is 11.1 Å². The third-order valence-electron chi connectivity index (χ3n) is 2.29. The van der Waals surface area contributed by atoms with Gasteiger partial charge in [-0.25, -0.2) is 0 Å². The molecule has 3 nitrogen and oxygen atoms in total. The first-order valence-electron chi connectivity index (χ1n) is 4.65. The van der Waals surface area contributed by atoms with Crippen molar-refractivity contribution in [2.75, 3.05) is 13.1 Å². The van der Waals surface area contributed by atoms with Crippen LogP contribution in [0, 0.1) is 11.5 Å². The zero-order chi connectivity index (χ0) is 9.80. The summed E-state index contributed by atoms with van der Waals surface area (Å²) in [5, 5.41) is 8.78. The lowest BCUT2D eigenvalue weighted by Crippen LogP contribution is -2.24. The molecule has 0 radical (unpaired) electrons. The molecule has 2 heterocycles. The average molecular weight is 185 g/mol. The van der Waals surface area contributed by atoms with Gasteiger partial charge in [0.1, 0.15) is 0 Å². The third-order valence-corrected chi connectivity index (χ3v) is 2.29. The fraction of sp³-hybridized carbons (Fsp3) is 0.273. The summed E-state index contributed by atoms with van der Waals surface area (Å²) in [6, 6.07) is 5.84. The number of hydrogen-bond acceptors (Lipinski definition) is 3. The molecule has 0 bridgehead atoms. The number of aromatic nitrogens is 1. The molecule has 1 aliphatic heterocycles. The van der Waals surface area contributed by atoms with Crippen LogP contribution in [0.1, 0.15) is 12.1 Å². The quantitative estimate of drug-likeness (QED) is 0.624. The largest absolute Gasteiger partial charge is 0.306 e. The summed E-state index contributed by atoms with van der Waals surface area (Å²) in [5.41, 5.74) is 2.13. The van der Waals surface area contributed by atoms with E-state index < -0.39 is 0 Å². The molecule has 0 amide bonds. The Morgan fingerprint density at radius 1 is 1.43 bits per heavy atom. The molecule has 1 aromatic heterocycles. The van der Waals surface area contributed by atoms with Gasteiger partial charge in [-0.2, -0.15) is 5.26 Å². The van der Waals surface area contributed by atoms with Crippen molar-refractivity contribution in [3.63, 3.8) is 0 Å². The monoisotopic (exact) mass is 185 g/mol. The highest BCUT2D eigenvalue weighted by Crippen LogP contribution is 2.17. The minimum atomic E-state index is 0.688. The van der Waals surface area contributed by atoms with Crippen LogP contribution < -0.4 is 0 Å². The minimum Gasteiger partial charge on any atom is -0.306 e. The lowest BCUT2D eigenvalue weighted by atomic mass is 10.1. The van der Waals surface area contributed by atoms with E-state index in [0.29, 0.717) is 6.54 Å². The van der Waals surface area contributed by atoms with Crippen LogP contribution in [-0.2, 0) is 0 Å². The molecule has 0 fully saturated rings. The van der Waals surface area contributed by atoms with Crippen LogP contribution in [0.25, 0.3) is 5.57 Å². The summed E-state index contributed by atoms with van der Waals surface area (Å²) >= 11 is 0. The van der Waals surface area contributed by atoms with Gasteiger partial charge in [0.15, 0.2) is 6.19 Å². The predicted octanol–water partition coefficient (Wildman–Crippen LogP) is 1.65.